The van der Waals surface area contributed by atoms with Crippen molar-refractivity contribution in [3.8, 4) is 0 Å². The first-order valence-corrected chi connectivity index (χ1v) is 7.48. The lowest BCUT2D eigenvalue weighted by molar-refractivity contribution is 0.00217. The summed E-state index contributed by atoms with van der Waals surface area (Å²) in [5.41, 5.74) is -0.423. The van der Waals surface area contributed by atoms with Crippen LogP contribution in [0.2, 0.25) is 0 Å². The second-order valence-corrected chi connectivity index (χ2v) is 6.87. The minimum absolute atomic E-state index is 0.226. The quantitative estimate of drug-likeness (QED) is 0.748. The molecule has 1 amide bonds. The Labute approximate surface area is 118 Å². The second kappa shape index (κ2) is 6.61. The number of hydrogen-bond acceptors (Lipinski definition) is 5. The number of carbonyl (C=O) groups is 1. The molecule has 0 aromatic carbocycles. The predicted molar refractivity (Wildman–Crippen MR) is 78.0 cm³/mol. The van der Waals surface area contributed by atoms with Gasteiger partial charge in [0.1, 0.15) is 5.60 Å². The molecule has 0 radical (unpaired) electrons. The van der Waals surface area contributed by atoms with Crippen LogP contribution in [0.25, 0.3) is 0 Å². The Bertz CT molecular complexity index is 309. The Morgan fingerprint density at radius 3 is 2.56 bits per heavy atom. The number of thiocarbonyl (C=S) groups is 1. The third-order valence-corrected chi connectivity index (χ3v) is 3.77. The standard InChI is InChI=1S/C12H21NO3S2/c1-5-15-11(17)18-8-9-6-13(7-9)10(14)16-12(2,3)4/h9H,5-8H2,1-4H3. The first-order valence-electron chi connectivity index (χ1n) is 6.09. The molecule has 1 aliphatic rings. The largest absolute Gasteiger partial charge is 0.479 e. The Kier molecular flexibility index (Phi) is 5.72. The van der Waals surface area contributed by atoms with Crippen LogP contribution in [0.5, 0.6) is 0 Å². The fourth-order valence-corrected chi connectivity index (χ4v) is 2.60. The highest BCUT2D eigenvalue weighted by Gasteiger charge is 2.33. The van der Waals surface area contributed by atoms with Gasteiger partial charge in [-0.3, -0.25) is 0 Å². The smallest absolute Gasteiger partial charge is 0.410 e. The Balaban J connectivity index is 2.16. The van der Waals surface area contributed by atoms with Gasteiger partial charge in [0, 0.05) is 24.8 Å². The maximum absolute atomic E-state index is 11.7. The van der Waals surface area contributed by atoms with Crippen LogP contribution < -0.4 is 0 Å². The molecule has 1 saturated heterocycles. The van der Waals surface area contributed by atoms with Crippen LogP contribution in [0.1, 0.15) is 27.7 Å². The van der Waals surface area contributed by atoms with Gasteiger partial charge in [0.15, 0.2) is 0 Å². The van der Waals surface area contributed by atoms with Gasteiger partial charge < -0.3 is 14.4 Å². The Morgan fingerprint density at radius 1 is 1.44 bits per heavy atom. The van der Waals surface area contributed by atoms with E-state index in [0.29, 0.717) is 16.9 Å². The van der Waals surface area contributed by atoms with Gasteiger partial charge in [-0.2, -0.15) is 0 Å². The van der Waals surface area contributed by atoms with Gasteiger partial charge in [-0.05, 0) is 39.9 Å². The minimum atomic E-state index is -0.423. The van der Waals surface area contributed by atoms with E-state index in [0.717, 1.165) is 18.8 Å². The summed E-state index contributed by atoms with van der Waals surface area (Å²) in [7, 11) is 0. The number of rotatable bonds is 3. The molecule has 1 aliphatic heterocycles. The number of likely N-dealkylation sites (tertiary alicyclic amines) is 1. The average Bonchev–Trinajstić information content (AvgIpc) is 2.12. The van der Waals surface area contributed by atoms with Crippen LogP contribution in [0.15, 0.2) is 0 Å². The summed E-state index contributed by atoms with van der Waals surface area (Å²) in [4.78, 5) is 13.4. The fourth-order valence-electron chi connectivity index (χ4n) is 1.50. The van der Waals surface area contributed by atoms with E-state index in [-0.39, 0.29) is 6.09 Å². The zero-order valence-electron chi connectivity index (χ0n) is 11.4. The van der Waals surface area contributed by atoms with Gasteiger partial charge in [0.05, 0.1) is 6.61 Å². The number of hydrogen-bond donors (Lipinski definition) is 0. The predicted octanol–water partition coefficient (Wildman–Crippen LogP) is 2.91. The molecule has 4 nitrogen and oxygen atoms in total. The number of nitrogens with zero attached hydrogens (tertiary/aromatic N) is 1. The van der Waals surface area contributed by atoms with Crippen molar-refractivity contribution >= 4 is 34.5 Å². The topological polar surface area (TPSA) is 38.8 Å². The van der Waals surface area contributed by atoms with Crippen molar-refractivity contribution in [1.82, 2.24) is 4.90 Å². The highest BCUT2D eigenvalue weighted by Crippen LogP contribution is 2.23. The van der Waals surface area contributed by atoms with Crippen LogP contribution in [-0.2, 0) is 9.47 Å². The highest BCUT2D eigenvalue weighted by atomic mass is 32.2. The monoisotopic (exact) mass is 291 g/mol. The van der Waals surface area contributed by atoms with E-state index in [1.54, 1.807) is 16.7 Å². The molecule has 0 aromatic heterocycles. The van der Waals surface area contributed by atoms with Crippen molar-refractivity contribution in [3.63, 3.8) is 0 Å². The zero-order valence-corrected chi connectivity index (χ0v) is 13.0. The van der Waals surface area contributed by atoms with Gasteiger partial charge in [-0.15, -0.1) is 0 Å². The summed E-state index contributed by atoms with van der Waals surface area (Å²) in [6.07, 6.45) is -0.226. The van der Waals surface area contributed by atoms with Gasteiger partial charge in [0.25, 0.3) is 0 Å². The molecule has 1 heterocycles. The van der Waals surface area contributed by atoms with Crippen LogP contribution in [-0.4, -0.2) is 46.4 Å². The van der Waals surface area contributed by atoms with Crippen molar-refractivity contribution in [2.24, 2.45) is 5.92 Å². The molecular formula is C12H21NO3S2. The third-order valence-electron chi connectivity index (χ3n) is 2.31. The molecule has 1 fully saturated rings. The number of amides is 1. The third kappa shape index (κ3) is 5.44. The van der Waals surface area contributed by atoms with Crippen molar-refractivity contribution < 1.29 is 14.3 Å². The highest BCUT2D eigenvalue weighted by molar-refractivity contribution is 8.22. The molecule has 18 heavy (non-hydrogen) atoms. The molecule has 0 atom stereocenters. The Morgan fingerprint density at radius 2 is 2.06 bits per heavy atom. The molecular weight excluding hydrogens is 270 g/mol. The molecule has 0 saturated carbocycles. The van der Waals surface area contributed by atoms with E-state index in [4.69, 9.17) is 21.7 Å². The van der Waals surface area contributed by atoms with Gasteiger partial charge >= 0.3 is 6.09 Å². The summed E-state index contributed by atoms with van der Waals surface area (Å²) >= 11 is 6.57. The molecule has 0 spiro atoms. The Hall–Kier alpha value is -0.490. The van der Waals surface area contributed by atoms with Crippen molar-refractivity contribution in [2.75, 3.05) is 25.4 Å². The zero-order chi connectivity index (χ0) is 13.8. The molecule has 6 heteroatoms. The molecule has 0 aliphatic carbocycles. The van der Waals surface area contributed by atoms with Gasteiger partial charge in [0.2, 0.25) is 4.38 Å². The van der Waals surface area contributed by atoms with Gasteiger partial charge in [-0.25, -0.2) is 4.79 Å². The summed E-state index contributed by atoms with van der Waals surface area (Å²) in [5, 5.41) is 0. The minimum Gasteiger partial charge on any atom is -0.479 e. The van der Waals surface area contributed by atoms with Crippen LogP contribution in [0, 0.1) is 5.92 Å². The first kappa shape index (κ1) is 15.6. The SMILES string of the molecule is CCOC(=S)SCC1CN(C(=O)OC(C)(C)C)C1. The van der Waals surface area contributed by atoms with Crippen LogP contribution >= 0.6 is 24.0 Å². The van der Waals surface area contributed by atoms with E-state index in [1.165, 1.54) is 0 Å². The average molecular weight is 291 g/mol. The molecule has 1 rings (SSSR count). The fraction of sp³-hybridized carbons (Fsp3) is 0.833. The van der Waals surface area contributed by atoms with E-state index in [9.17, 15) is 4.79 Å². The van der Waals surface area contributed by atoms with Crippen LogP contribution in [0.3, 0.4) is 0 Å². The number of carbonyl (C=O) groups excluding carboxylic acids is 1. The van der Waals surface area contributed by atoms with Crippen molar-refractivity contribution in [3.05, 3.63) is 0 Å². The molecule has 104 valence electrons. The number of ether oxygens (including phenoxy) is 2. The van der Waals surface area contributed by atoms with E-state index in [2.05, 4.69) is 0 Å². The van der Waals surface area contributed by atoms with Crippen LogP contribution in [0.4, 0.5) is 4.79 Å². The summed E-state index contributed by atoms with van der Waals surface area (Å²) in [5.74, 6) is 1.39. The van der Waals surface area contributed by atoms with E-state index < -0.39 is 5.60 Å². The van der Waals surface area contributed by atoms with Crippen molar-refractivity contribution in [1.29, 1.82) is 0 Å². The molecule has 0 aromatic rings. The maximum Gasteiger partial charge on any atom is 0.410 e. The summed E-state index contributed by atoms with van der Waals surface area (Å²) in [6.45, 7) is 9.64. The first-order chi connectivity index (χ1) is 8.31. The van der Waals surface area contributed by atoms with E-state index >= 15 is 0 Å². The van der Waals surface area contributed by atoms with E-state index in [1.807, 2.05) is 27.7 Å². The van der Waals surface area contributed by atoms with Crippen molar-refractivity contribution in [2.45, 2.75) is 33.3 Å². The lowest BCUT2D eigenvalue weighted by atomic mass is 10.0. The van der Waals surface area contributed by atoms with Gasteiger partial charge in [-0.1, -0.05) is 11.8 Å². The molecule has 0 unspecified atom stereocenters. The summed E-state index contributed by atoms with van der Waals surface area (Å²) in [6, 6.07) is 0. The maximum atomic E-state index is 11.7. The summed E-state index contributed by atoms with van der Waals surface area (Å²) < 4.78 is 11.1. The lowest BCUT2D eigenvalue weighted by Crippen LogP contribution is -2.52. The number of thioether (sulfide) groups is 1. The molecule has 0 N–H and O–H groups in total. The molecule has 0 bridgehead atoms. The lowest BCUT2D eigenvalue weighted by Gasteiger charge is -2.39. The second-order valence-electron chi connectivity index (χ2n) is 5.25. The normalized spacial score (nSPS) is 16.1.